The smallest absolute Gasteiger partial charge is 0.218 e. The van der Waals surface area contributed by atoms with Crippen LogP contribution in [-0.2, 0) is 13.0 Å². The number of nitrogens with one attached hydrogen (secondary N) is 2. The lowest BCUT2D eigenvalue weighted by Crippen LogP contribution is -2.32. The van der Waals surface area contributed by atoms with Gasteiger partial charge in [0.15, 0.2) is 17.5 Å². The van der Waals surface area contributed by atoms with Gasteiger partial charge >= 0.3 is 0 Å². The van der Waals surface area contributed by atoms with E-state index in [1.807, 2.05) is 42.5 Å². The Hall–Kier alpha value is -2.95. The molecular weight excluding hydrogens is 523 g/mol. The number of aliphatic imine (C=N–C) groups is 1. The van der Waals surface area contributed by atoms with Gasteiger partial charge in [0.05, 0.1) is 33.1 Å². The average Bonchev–Trinajstić information content (AvgIpc) is 3.21. The molecule has 0 amide bonds. The summed E-state index contributed by atoms with van der Waals surface area (Å²) < 4.78 is 22.3. The molecule has 3 heterocycles. The molecule has 0 bridgehead atoms. The van der Waals surface area contributed by atoms with Gasteiger partial charge in [0, 0.05) is 42.9 Å². The maximum Gasteiger partial charge on any atom is 0.218 e. The van der Waals surface area contributed by atoms with Crippen molar-refractivity contribution in [3.8, 4) is 17.4 Å². The van der Waals surface area contributed by atoms with Gasteiger partial charge in [0.25, 0.3) is 0 Å². The summed E-state index contributed by atoms with van der Waals surface area (Å²) in [6, 6.07) is 13.4. The number of furan rings is 1. The Morgan fingerprint density at radius 3 is 2.81 bits per heavy atom. The highest BCUT2D eigenvalue weighted by Crippen LogP contribution is 2.32. The topological polar surface area (TPSA) is 90.1 Å². The molecule has 0 radical (unpaired) electrons. The van der Waals surface area contributed by atoms with Crippen molar-refractivity contribution >= 4 is 35.6 Å². The lowest BCUT2D eigenvalue weighted by Gasteiger charge is -2.15. The van der Waals surface area contributed by atoms with E-state index in [2.05, 4.69) is 15.6 Å². The molecule has 8 nitrogen and oxygen atoms in total. The summed E-state index contributed by atoms with van der Waals surface area (Å²) in [7, 11) is 1.61. The molecule has 1 aromatic carbocycles. The van der Waals surface area contributed by atoms with Gasteiger partial charge in [0.2, 0.25) is 5.88 Å². The number of hydrogen-bond donors (Lipinski definition) is 2. The Labute approximate surface area is 204 Å². The zero-order valence-electron chi connectivity index (χ0n) is 17.9. The summed E-state index contributed by atoms with van der Waals surface area (Å²) in [5, 5.41) is 6.70. The summed E-state index contributed by atoms with van der Waals surface area (Å²) in [6.45, 7) is 2.37. The second kappa shape index (κ2) is 12.2. The third-order valence-corrected chi connectivity index (χ3v) is 4.71. The molecule has 0 saturated carbocycles. The number of hydrogen-bond acceptors (Lipinski definition) is 6. The minimum absolute atomic E-state index is 0. The number of benzene rings is 1. The maximum atomic E-state index is 5.80. The molecule has 0 unspecified atom stereocenters. The number of pyridine rings is 1. The van der Waals surface area contributed by atoms with Crippen LogP contribution in [0.5, 0.6) is 17.4 Å². The number of halogens is 1. The second-order valence-corrected chi connectivity index (χ2v) is 6.93. The number of nitrogens with zero attached hydrogens (tertiary/aromatic N) is 2. The number of guanidine groups is 1. The summed E-state index contributed by atoms with van der Waals surface area (Å²) in [4.78, 5) is 8.96. The lowest BCUT2D eigenvalue weighted by molar-refractivity contribution is 0.297. The van der Waals surface area contributed by atoms with Crippen LogP contribution in [0.3, 0.4) is 0 Å². The summed E-state index contributed by atoms with van der Waals surface area (Å²) in [6.07, 6.45) is 4.98. The van der Waals surface area contributed by atoms with Gasteiger partial charge in [-0.3, -0.25) is 0 Å². The van der Waals surface area contributed by atoms with Crippen LogP contribution in [0, 0.1) is 0 Å². The first-order valence-electron chi connectivity index (χ1n) is 10.3. The monoisotopic (exact) mass is 550 g/mol. The maximum absolute atomic E-state index is 5.80. The molecular formula is C23H27IN4O4. The predicted molar refractivity (Wildman–Crippen MR) is 133 cm³/mol. The molecule has 0 saturated heterocycles. The Morgan fingerprint density at radius 1 is 1.12 bits per heavy atom. The van der Waals surface area contributed by atoms with E-state index in [9.17, 15) is 0 Å². The fourth-order valence-electron chi connectivity index (χ4n) is 3.17. The molecule has 2 aromatic heterocycles. The average molecular weight is 550 g/mol. The van der Waals surface area contributed by atoms with E-state index >= 15 is 0 Å². The minimum Gasteiger partial charge on any atom is -0.490 e. The molecule has 0 atom stereocenters. The normalized spacial score (nSPS) is 13.0. The Bertz CT molecular complexity index is 1010. The van der Waals surface area contributed by atoms with Crippen LogP contribution in [0.25, 0.3) is 0 Å². The van der Waals surface area contributed by atoms with Crippen molar-refractivity contribution in [1.29, 1.82) is 0 Å². The highest BCUT2D eigenvalue weighted by Gasteiger charge is 2.12. The van der Waals surface area contributed by atoms with Crippen LogP contribution in [0.15, 0.2) is 64.3 Å². The molecule has 4 rings (SSSR count). The van der Waals surface area contributed by atoms with E-state index in [4.69, 9.17) is 23.6 Å². The fourth-order valence-corrected chi connectivity index (χ4v) is 3.17. The molecule has 170 valence electrons. The third kappa shape index (κ3) is 6.52. The zero-order valence-corrected chi connectivity index (χ0v) is 20.2. The Balaban J connectivity index is 0.00000289. The Kier molecular flexibility index (Phi) is 9.02. The van der Waals surface area contributed by atoms with Crippen molar-refractivity contribution < 1.29 is 18.6 Å². The summed E-state index contributed by atoms with van der Waals surface area (Å²) >= 11 is 0. The van der Waals surface area contributed by atoms with Gasteiger partial charge in [0.1, 0.15) is 5.76 Å². The third-order valence-electron chi connectivity index (χ3n) is 4.71. The molecule has 2 N–H and O–H groups in total. The largest absolute Gasteiger partial charge is 0.490 e. The van der Waals surface area contributed by atoms with E-state index < -0.39 is 0 Å². The van der Waals surface area contributed by atoms with Crippen LogP contribution in [0.1, 0.15) is 17.7 Å². The minimum atomic E-state index is 0. The van der Waals surface area contributed by atoms with Gasteiger partial charge in [-0.05, 0) is 30.3 Å². The molecule has 0 fully saturated rings. The van der Waals surface area contributed by atoms with Crippen LogP contribution in [-0.4, -0.2) is 37.8 Å². The van der Waals surface area contributed by atoms with Gasteiger partial charge in [-0.15, -0.1) is 24.0 Å². The van der Waals surface area contributed by atoms with Crippen molar-refractivity contribution in [1.82, 2.24) is 10.3 Å². The van der Waals surface area contributed by atoms with E-state index in [1.54, 1.807) is 19.6 Å². The highest BCUT2D eigenvalue weighted by atomic mass is 127. The number of anilines is 1. The first-order valence-corrected chi connectivity index (χ1v) is 10.3. The SMILES string of the molecule is COc1ncccc1CN=C(NCCc1ccco1)Nc1ccc2c(c1)OCCCO2.I. The van der Waals surface area contributed by atoms with E-state index in [0.717, 1.165) is 41.4 Å². The molecule has 1 aliphatic rings. The zero-order chi connectivity index (χ0) is 21.3. The van der Waals surface area contributed by atoms with Crippen molar-refractivity contribution in [3.63, 3.8) is 0 Å². The fraction of sp³-hybridized carbons (Fsp3) is 0.304. The van der Waals surface area contributed by atoms with Crippen LogP contribution >= 0.6 is 24.0 Å². The molecule has 0 aliphatic carbocycles. The van der Waals surface area contributed by atoms with Crippen molar-refractivity contribution in [2.24, 2.45) is 4.99 Å². The van der Waals surface area contributed by atoms with Crippen molar-refractivity contribution in [2.45, 2.75) is 19.4 Å². The molecule has 0 spiro atoms. The van der Waals surface area contributed by atoms with E-state index in [-0.39, 0.29) is 24.0 Å². The van der Waals surface area contributed by atoms with Crippen LogP contribution in [0.2, 0.25) is 0 Å². The number of rotatable bonds is 7. The van der Waals surface area contributed by atoms with Crippen molar-refractivity contribution in [3.05, 3.63) is 66.2 Å². The number of methoxy groups -OCH3 is 1. The first kappa shape index (κ1) is 23.7. The standard InChI is InChI=1S/C23H26N4O4.HI/c1-28-22-17(5-2-10-24-22)16-26-23(25-11-9-19-6-3-12-29-19)27-18-7-8-20-21(15-18)31-14-4-13-30-20;/h2-3,5-8,10,12,15H,4,9,11,13-14,16H2,1H3,(H2,25,26,27);1H. The molecule has 32 heavy (non-hydrogen) atoms. The second-order valence-electron chi connectivity index (χ2n) is 6.93. The molecule has 1 aliphatic heterocycles. The van der Waals surface area contributed by atoms with Crippen LogP contribution < -0.4 is 24.8 Å². The summed E-state index contributed by atoms with van der Waals surface area (Å²) in [5.74, 6) is 3.60. The predicted octanol–water partition coefficient (Wildman–Crippen LogP) is 4.26. The molecule has 3 aromatic rings. The van der Waals surface area contributed by atoms with Crippen molar-refractivity contribution in [2.75, 3.05) is 32.2 Å². The van der Waals surface area contributed by atoms with Gasteiger partial charge in [-0.1, -0.05) is 6.07 Å². The Morgan fingerprint density at radius 2 is 2.00 bits per heavy atom. The first-order chi connectivity index (χ1) is 15.3. The molecule has 9 heteroatoms. The van der Waals surface area contributed by atoms with Gasteiger partial charge in [-0.2, -0.15) is 0 Å². The van der Waals surface area contributed by atoms with Gasteiger partial charge in [-0.25, -0.2) is 9.98 Å². The van der Waals surface area contributed by atoms with Gasteiger partial charge < -0.3 is 29.3 Å². The van der Waals surface area contributed by atoms with Crippen LogP contribution in [0.4, 0.5) is 5.69 Å². The number of fused-ring (bicyclic) bond motifs is 1. The lowest BCUT2D eigenvalue weighted by atomic mass is 10.2. The van der Waals surface area contributed by atoms with E-state index in [1.165, 1.54) is 0 Å². The highest BCUT2D eigenvalue weighted by molar-refractivity contribution is 14.0. The summed E-state index contributed by atoms with van der Waals surface area (Å²) in [5.41, 5.74) is 1.75. The number of aromatic nitrogens is 1. The van der Waals surface area contributed by atoms with E-state index in [0.29, 0.717) is 38.1 Å². The quantitative estimate of drug-likeness (QED) is 0.258. The number of ether oxygens (including phenoxy) is 3.